The third-order valence-corrected chi connectivity index (χ3v) is 3.08. The Morgan fingerprint density at radius 3 is 2.36 bits per heavy atom. The monoisotopic (exact) mass is 199 g/mol. The lowest BCUT2D eigenvalue weighted by atomic mass is 9.85. The summed E-state index contributed by atoms with van der Waals surface area (Å²) < 4.78 is 0. The van der Waals surface area contributed by atoms with Crippen molar-refractivity contribution >= 4 is 0 Å². The van der Waals surface area contributed by atoms with Crippen LogP contribution in [0, 0.1) is 5.41 Å². The van der Waals surface area contributed by atoms with E-state index in [4.69, 9.17) is 5.73 Å². The predicted octanol–water partition coefficient (Wildman–Crippen LogP) is 0.655. The normalized spacial score (nSPS) is 22.3. The van der Waals surface area contributed by atoms with Gasteiger partial charge in [0.1, 0.15) is 0 Å². The van der Waals surface area contributed by atoms with Crippen molar-refractivity contribution in [2.24, 2.45) is 11.1 Å². The van der Waals surface area contributed by atoms with Gasteiger partial charge in [-0.3, -0.25) is 0 Å². The first-order valence-corrected chi connectivity index (χ1v) is 5.69. The van der Waals surface area contributed by atoms with Gasteiger partial charge in [-0.15, -0.1) is 0 Å². The van der Waals surface area contributed by atoms with Crippen LogP contribution in [0.15, 0.2) is 0 Å². The van der Waals surface area contributed by atoms with Crippen molar-refractivity contribution < 1.29 is 0 Å². The van der Waals surface area contributed by atoms with Gasteiger partial charge in [0.15, 0.2) is 0 Å². The van der Waals surface area contributed by atoms with E-state index in [1.165, 1.54) is 13.1 Å². The highest BCUT2D eigenvalue weighted by Gasteiger charge is 2.21. The Bertz CT molecular complexity index is 156. The minimum Gasteiger partial charge on any atom is -0.327 e. The van der Waals surface area contributed by atoms with Crippen molar-refractivity contribution in [2.45, 2.75) is 33.2 Å². The summed E-state index contributed by atoms with van der Waals surface area (Å²) in [6.45, 7) is 12.4. The number of hydrogen-bond donors (Lipinski definition) is 2. The van der Waals surface area contributed by atoms with E-state index in [0.29, 0.717) is 6.04 Å². The first-order chi connectivity index (χ1) is 6.50. The molecule has 3 N–H and O–H groups in total. The second-order valence-corrected chi connectivity index (χ2v) is 5.35. The van der Waals surface area contributed by atoms with E-state index < -0.39 is 0 Å². The second-order valence-electron chi connectivity index (χ2n) is 5.35. The summed E-state index contributed by atoms with van der Waals surface area (Å²) in [6.07, 6.45) is 1.11. The highest BCUT2D eigenvalue weighted by Crippen LogP contribution is 2.19. The zero-order valence-electron chi connectivity index (χ0n) is 9.84. The van der Waals surface area contributed by atoms with Gasteiger partial charge in [-0.25, -0.2) is 0 Å². The van der Waals surface area contributed by atoms with Crippen LogP contribution in [0.3, 0.4) is 0 Å². The van der Waals surface area contributed by atoms with E-state index in [-0.39, 0.29) is 5.41 Å². The molecule has 84 valence electrons. The Morgan fingerprint density at radius 2 is 1.86 bits per heavy atom. The third kappa shape index (κ3) is 3.95. The lowest BCUT2D eigenvalue weighted by Crippen LogP contribution is -2.46. The molecule has 0 radical (unpaired) electrons. The minimum atomic E-state index is 0.244. The third-order valence-electron chi connectivity index (χ3n) is 3.08. The van der Waals surface area contributed by atoms with Crippen molar-refractivity contribution in [1.29, 1.82) is 0 Å². The van der Waals surface area contributed by atoms with Crippen molar-refractivity contribution in [2.75, 3.05) is 32.7 Å². The number of nitrogens with zero attached hydrogens (tertiary/aromatic N) is 1. The van der Waals surface area contributed by atoms with E-state index in [9.17, 15) is 0 Å². The molecule has 1 atom stereocenters. The van der Waals surface area contributed by atoms with E-state index in [1.54, 1.807) is 0 Å². The lowest BCUT2D eigenvalue weighted by Gasteiger charge is -2.32. The molecule has 1 fully saturated rings. The smallest absolute Gasteiger partial charge is 0.0107 e. The summed E-state index contributed by atoms with van der Waals surface area (Å²) in [5.74, 6) is 0. The fourth-order valence-electron chi connectivity index (χ4n) is 1.69. The second kappa shape index (κ2) is 5.10. The number of nitrogens with one attached hydrogen (secondary N) is 1. The van der Waals surface area contributed by atoms with Gasteiger partial charge in [-0.1, -0.05) is 20.8 Å². The van der Waals surface area contributed by atoms with E-state index in [2.05, 4.69) is 31.0 Å². The molecule has 1 aliphatic heterocycles. The first-order valence-electron chi connectivity index (χ1n) is 5.69. The van der Waals surface area contributed by atoms with Crippen molar-refractivity contribution in [3.63, 3.8) is 0 Å². The van der Waals surface area contributed by atoms with Crippen LogP contribution in [0.5, 0.6) is 0 Å². The molecule has 0 aromatic carbocycles. The minimum absolute atomic E-state index is 0.244. The number of nitrogens with two attached hydrogens (primary N) is 1. The Labute approximate surface area is 88.0 Å². The molecule has 0 bridgehead atoms. The molecule has 14 heavy (non-hydrogen) atoms. The van der Waals surface area contributed by atoms with Crippen molar-refractivity contribution in [1.82, 2.24) is 10.2 Å². The van der Waals surface area contributed by atoms with E-state index >= 15 is 0 Å². The van der Waals surface area contributed by atoms with E-state index in [0.717, 1.165) is 26.1 Å². The maximum absolute atomic E-state index is 6.13. The number of hydrogen-bond acceptors (Lipinski definition) is 3. The lowest BCUT2D eigenvalue weighted by molar-refractivity contribution is 0.208. The van der Waals surface area contributed by atoms with Gasteiger partial charge in [-0.05, 0) is 18.4 Å². The molecule has 1 unspecified atom stereocenters. The molecule has 0 aliphatic carbocycles. The van der Waals surface area contributed by atoms with Gasteiger partial charge in [0.25, 0.3) is 0 Å². The summed E-state index contributed by atoms with van der Waals surface area (Å²) >= 11 is 0. The maximum atomic E-state index is 6.13. The van der Waals surface area contributed by atoms with Gasteiger partial charge in [-0.2, -0.15) is 0 Å². The van der Waals surface area contributed by atoms with Crippen LogP contribution < -0.4 is 11.1 Å². The molecule has 3 nitrogen and oxygen atoms in total. The standard InChI is InChI=1S/C11H25N3/c1-11(2,3)10(12)4-7-14-8-5-13-6-9-14/h10,13H,4-9,12H2,1-3H3. The van der Waals surface area contributed by atoms with Crippen LogP contribution in [0.4, 0.5) is 0 Å². The first kappa shape index (κ1) is 12.0. The number of rotatable bonds is 3. The average molecular weight is 199 g/mol. The quantitative estimate of drug-likeness (QED) is 0.701. The molecule has 0 aromatic rings. The molecular weight excluding hydrogens is 174 g/mol. The fourth-order valence-corrected chi connectivity index (χ4v) is 1.69. The fraction of sp³-hybridized carbons (Fsp3) is 1.00. The van der Waals surface area contributed by atoms with Crippen LogP contribution in [0.2, 0.25) is 0 Å². The van der Waals surface area contributed by atoms with Gasteiger partial charge in [0, 0.05) is 32.2 Å². The average Bonchev–Trinajstić information content (AvgIpc) is 2.14. The van der Waals surface area contributed by atoms with Gasteiger partial charge >= 0.3 is 0 Å². The largest absolute Gasteiger partial charge is 0.327 e. The predicted molar refractivity (Wildman–Crippen MR) is 61.4 cm³/mol. The van der Waals surface area contributed by atoms with Crippen LogP contribution in [0.25, 0.3) is 0 Å². The summed E-state index contributed by atoms with van der Waals surface area (Å²) in [5.41, 5.74) is 6.37. The van der Waals surface area contributed by atoms with Gasteiger partial charge in [0.05, 0.1) is 0 Å². The molecule has 1 saturated heterocycles. The molecule has 0 saturated carbocycles. The van der Waals surface area contributed by atoms with Gasteiger partial charge < -0.3 is 16.0 Å². The highest BCUT2D eigenvalue weighted by atomic mass is 15.2. The molecular formula is C11H25N3. The summed E-state index contributed by atoms with van der Waals surface area (Å²) in [4.78, 5) is 2.50. The van der Waals surface area contributed by atoms with Crippen LogP contribution in [-0.2, 0) is 0 Å². The van der Waals surface area contributed by atoms with E-state index in [1.807, 2.05) is 0 Å². The van der Waals surface area contributed by atoms with Crippen molar-refractivity contribution in [3.8, 4) is 0 Å². The SMILES string of the molecule is CC(C)(C)C(N)CCN1CCNCC1. The van der Waals surface area contributed by atoms with Crippen molar-refractivity contribution in [3.05, 3.63) is 0 Å². The highest BCUT2D eigenvalue weighted by molar-refractivity contribution is 4.79. The molecule has 0 amide bonds. The zero-order valence-corrected chi connectivity index (χ0v) is 9.84. The molecule has 0 aromatic heterocycles. The molecule has 1 rings (SSSR count). The Morgan fingerprint density at radius 1 is 1.29 bits per heavy atom. The molecule has 1 aliphatic rings. The van der Waals surface area contributed by atoms with Gasteiger partial charge in [0.2, 0.25) is 0 Å². The summed E-state index contributed by atoms with van der Waals surface area (Å²) in [5, 5.41) is 3.36. The molecule has 1 heterocycles. The Kier molecular flexibility index (Phi) is 4.35. The summed E-state index contributed by atoms with van der Waals surface area (Å²) in [6, 6.07) is 0.317. The maximum Gasteiger partial charge on any atom is 0.0107 e. The molecule has 3 heteroatoms. The number of piperazine rings is 1. The van der Waals surface area contributed by atoms with Crippen LogP contribution in [0.1, 0.15) is 27.2 Å². The molecule has 0 spiro atoms. The zero-order chi connectivity index (χ0) is 10.6. The van der Waals surface area contributed by atoms with Crippen LogP contribution >= 0.6 is 0 Å². The Balaban J connectivity index is 2.19. The topological polar surface area (TPSA) is 41.3 Å². The Hall–Kier alpha value is -0.120. The van der Waals surface area contributed by atoms with Crippen LogP contribution in [-0.4, -0.2) is 43.7 Å². The summed E-state index contributed by atoms with van der Waals surface area (Å²) in [7, 11) is 0.